The molecule has 4 rings (SSSR count). The van der Waals surface area contributed by atoms with E-state index in [2.05, 4.69) is 5.32 Å². The molecule has 7 heteroatoms. The van der Waals surface area contributed by atoms with Crippen molar-refractivity contribution in [2.24, 2.45) is 0 Å². The Morgan fingerprint density at radius 2 is 1.73 bits per heavy atom. The second-order valence-corrected chi connectivity index (χ2v) is 7.73. The number of rotatable bonds is 4. The maximum absolute atomic E-state index is 12.8. The van der Waals surface area contributed by atoms with E-state index in [0.717, 1.165) is 5.56 Å². The first kappa shape index (κ1) is 20.3. The molecule has 0 radical (unpaired) electrons. The second kappa shape index (κ2) is 8.01. The number of carbonyl (C=O) groups is 1. The highest BCUT2D eigenvalue weighted by atomic mass is 35.5. The normalized spacial score (nSPS) is 12.1. The van der Waals surface area contributed by atoms with Gasteiger partial charge < -0.3 is 14.5 Å². The van der Waals surface area contributed by atoms with Crippen molar-refractivity contribution >= 4 is 56.7 Å². The minimum Gasteiger partial charge on any atom is -0.479 e. The number of benzene rings is 3. The number of ether oxygens (including phenoxy) is 1. The first-order valence-corrected chi connectivity index (χ1v) is 9.98. The topological polar surface area (TPSA) is 68.5 Å². The Kier molecular flexibility index (Phi) is 5.41. The van der Waals surface area contributed by atoms with Crippen molar-refractivity contribution in [3.05, 3.63) is 80.4 Å². The summed E-state index contributed by atoms with van der Waals surface area (Å²) in [7, 11) is 0. The molecule has 5 nitrogen and oxygen atoms in total. The zero-order valence-corrected chi connectivity index (χ0v) is 17.7. The summed E-state index contributed by atoms with van der Waals surface area (Å²) in [6.45, 7) is 3.46. The third-order valence-electron chi connectivity index (χ3n) is 4.73. The Morgan fingerprint density at radius 3 is 2.50 bits per heavy atom. The van der Waals surface area contributed by atoms with Crippen LogP contribution in [0.4, 0.5) is 5.69 Å². The molecule has 4 aromatic rings. The zero-order valence-electron chi connectivity index (χ0n) is 16.2. The van der Waals surface area contributed by atoms with Gasteiger partial charge in [0.25, 0.3) is 5.91 Å². The number of halogens is 2. The molecule has 1 heterocycles. The van der Waals surface area contributed by atoms with Gasteiger partial charge in [-0.2, -0.15) is 0 Å². The maximum atomic E-state index is 12.8. The number of anilines is 1. The fourth-order valence-electron chi connectivity index (χ4n) is 3.08. The lowest BCUT2D eigenvalue weighted by Crippen LogP contribution is -2.30. The molecular formula is C23H17Cl2NO4. The van der Waals surface area contributed by atoms with Gasteiger partial charge in [0.1, 0.15) is 16.9 Å². The summed E-state index contributed by atoms with van der Waals surface area (Å²) >= 11 is 12.2. The molecule has 0 saturated heterocycles. The van der Waals surface area contributed by atoms with Crippen LogP contribution in [0.15, 0.2) is 63.8 Å². The average Bonchev–Trinajstić information content (AvgIpc) is 2.71. The molecule has 1 N–H and O–H groups in total. The number of carbonyl (C=O) groups excluding carboxylic acids is 1. The van der Waals surface area contributed by atoms with E-state index < -0.39 is 6.10 Å². The highest BCUT2D eigenvalue weighted by Crippen LogP contribution is 2.27. The van der Waals surface area contributed by atoms with Crippen molar-refractivity contribution in [2.75, 3.05) is 5.32 Å². The molecule has 1 atom stereocenters. The first-order chi connectivity index (χ1) is 14.3. The molecule has 0 aliphatic heterocycles. The number of amides is 1. The van der Waals surface area contributed by atoms with E-state index in [9.17, 15) is 9.59 Å². The summed E-state index contributed by atoms with van der Waals surface area (Å²) in [6.07, 6.45) is -0.783. The molecule has 1 aromatic heterocycles. The lowest BCUT2D eigenvalue weighted by molar-refractivity contribution is -0.122. The molecule has 152 valence electrons. The molecule has 0 aliphatic rings. The first-order valence-electron chi connectivity index (χ1n) is 9.22. The quantitative estimate of drug-likeness (QED) is 0.396. The SMILES string of the molecule is Cc1cc2oc3cc(NC(=O)C(C)Oc4ccccc4Cl)ccc3c(=O)c2cc1Cl. The van der Waals surface area contributed by atoms with Crippen LogP contribution < -0.4 is 15.5 Å². The molecule has 0 bridgehead atoms. The van der Waals surface area contributed by atoms with Crippen LogP contribution in [-0.4, -0.2) is 12.0 Å². The van der Waals surface area contributed by atoms with Gasteiger partial charge in [0.15, 0.2) is 6.10 Å². The van der Waals surface area contributed by atoms with Crippen LogP contribution in [0.25, 0.3) is 21.9 Å². The largest absolute Gasteiger partial charge is 0.479 e. The van der Waals surface area contributed by atoms with Crippen LogP contribution in [0.2, 0.25) is 10.0 Å². The molecule has 0 spiro atoms. The fraction of sp³-hybridized carbons (Fsp3) is 0.130. The highest BCUT2D eigenvalue weighted by molar-refractivity contribution is 6.32. The number of aryl methyl sites for hydroxylation is 1. The molecule has 3 aromatic carbocycles. The number of fused-ring (bicyclic) bond motifs is 2. The van der Waals surface area contributed by atoms with Crippen molar-refractivity contribution in [2.45, 2.75) is 20.0 Å². The molecule has 30 heavy (non-hydrogen) atoms. The van der Waals surface area contributed by atoms with Crippen LogP contribution >= 0.6 is 23.2 Å². The van der Waals surface area contributed by atoms with Gasteiger partial charge in [-0.25, -0.2) is 0 Å². The van der Waals surface area contributed by atoms with E-state index in [1.807, 2.05) is 6.92 Å². The van der Waals surface area contributed by atoms with Gasteiger partial charge in [0, 0.05) is 16.8 Å². The summed E-state index contributed by atoms with van der Waals surface area (Å²) < 4.78 is 11.5. The Bertz CT molecular complexity index is 1350. The van der Waals surface area contributed by atoms with E-state index in [-0.39, 0.29) is 11.3 Å². The van der Waals surface area contributed by atoms with E-state index in [0.29, 0.717) is 43.4 Å². The lowest BCUT2D eigenvalue weighted by atomic mass is 10.1. The van der Waals surface area contributed by atoms with Crippen LogP contribution in [-0.2, 0) is 4.79 Å². The predicted octanol–water partition coefficient (Wildman–Crippen LogP) is 5.97. The zero-order chi connectivity index (χ0) is 21.4. The Labute approximate surface area is 182 Å². The summed E-state index contributed by atoms with van der Waals surface area (Å²) in [5.41, 5.74) is 1.92. The molecule has 0 aliphatic carbocycles. The van der Waals surface area contributed by atoms with Gasteiger partial charge in [0.2, 0.25) is 5.43 Å². The van der Waals surface area contributed by atoms with Gasteiger partial charge in [-0.1, -0.05) is 35.3 Å². The summed E-state index contributed by atoms with van der Waals surface area (Å²) in [4.78, 5) is 25.3. The van der Waals surface area contributed by atoms with Gasteiger partial charge in [-0.15, -0.1) is 0 Å². The van der Waals surface area contributed by atoms with Gasteiger partial charge in [-0.05, 0) is 55.8 Å². The Balaban J connectivity index is 1.62. The summed E-state index contributed by atoms with van der Waals surface area (Å²) in [5.74, 6) is 0.0619. The van der Waals surface area contributed by atoms with Gasteiger partial charge in [0.05, 0.1) is 15.8 Å². The smallest absolute Gasteiger partial charge is 0.265 e. The van der Waals surface area contributed by atoms with Crippen molar-refractivity contribution in [1.29, 1.82) is 0 Å². The van der Waals surface area contributed by atoms with E-state index >= 15 is 0 Å². The van der Waals surface area contributed by atoms with Crippen LogP contribution in [0.1, 0.15) is 12.5 Å². The molecular weight excluding hydrogens is 425 g/mol. The minimum atomic E-state index is -0.783. The van der Waals surface area contributed by atoms with E-state index in [4.69, 9.17) is 32.4 Å². The predicted molar refractivity (Wildman–Crippen MR) is 120 cm³/mol. The third kappa shape index (κ3) is 3.86. The Morgan fingerprint density at radius 1 is 1.00 bits per heavy atom. The van der Waals surface area contributed by atoms with Crippen LogP contribution in [0.3, 0.4) is 0 Å². The second-order valence-electron chi connectivity index (χ2n) is 6.92. The number of para-hydroxylation sites is 1. The molecule has 0 fully saturated rings. The van der Waals surface area contributed by atoms with E-state index in [1.54, 1.807) is 61.5 Å². The van der Waals surface area contributed by atoms with Crippen molar-refractivity contribution in [3.8, 4) is 5.75 Å². The van der Waals surface area contributed by atoms with Crippen LogP contribution in [0.5, 0.6) is 5.75 Å². The average molecular weight is 442 g/mol. The van der Waals surface area contributed by atoms with Crippen molar-refractivity contribution < 1.29 is 13.9 Å². The minimum absolute atomic E-state index is 0.179. The van der Waals surface area contributed by atoms with Crippen LogP contribution in [0, 0.1) is 6.92 Å². The maximum Gasteiger partial charge on any atom is 0.265 e. The molecule has 1 amide bonds. The number of nitrogens with one attached hydrogen (secondary N) is 1. The molecule has 0 saturated carbocycles. The fourth-order valence-corrected chi connectivity index (χ4v) is 3.42. The Hall–Kier alpha value is -3.02. The molecule has 1 unspecified atom stereocenters. The monoisotopic (exact) mass is 441 g/mol. The standard InChI is InChI=1S/C23H17Cl2NO4/c1-12-9-20-16(11-18(12)25)22(27)15-8-7-14(10-21(15)30-20)26-23(28)13(2)29-19-6-4-3-5-17(19)24/h3-11,13H,1-2H3,(H,26,28). The lowest BCUT2D eigenvalue weighted by Gasteiger charge is -2.15. The summed E-state index contributed by atoms with van der Waals surface area (Å²) in [5, 5.41) is 4.52. The third-order valence-corrected chi connectivity index (χ3v) is 5.45. The summed E-state index contributed by atoms with van der Waals surface area (Å²) in [6, 6.07) is 15.1. The van der Waals surface area contributed by atoms with Gasteiger partial charge in [-0.3, -0.25) is 9.59 Å². The van der Waals surface area contributed by atoms with Crippen molar-refractivity contribution in [1.82, 2.24) is 0 Å². The van der Waals surface area contributed by atoms with Crippen molar-refractivity contribution in [3.63, 3.8) is 0 Å². The number of hydrogen-bond acceptors (Lipinski definition) is 4. The highest BCUT2D eigenvalue weighted by Gasteiger charge is 2.17. The van der Waals surface area contributed by atoms with E-state index in [1.165, 1.54) is 0 Å². The number of hydrogen-bond donors (Lipinski definition) is 1. The van der Waals surface area contributed by atoms with Gasteiger partial charge >= 0.3 is 0 Å².